The van der Waals surface area contributed by atoms with Crippen LogP contribution in [0.1, 0.15) is 82.6 Å². The van der Waals surface area contributed by atoms with Gasteiger partial charge in [0.05, 0.1) is 17.6 Å². The second-order valence-corrected chi connectivity index (χ2v) is 17.6. The van der Waals surface area contributed by atoms with E-state index in [1.165, 1.54) is 15.1 Å². The Labute approximate surface area is 458 Å². The summed E-state index contributed by atoms with van der Waals surface area (Å²) in [6, 6.07) is 37.3. The van der Waals surface area contributed by atoms with E-state index in [0.717, 1.165) is 58.2 Å². The van der Waals surface area contributed by atoms with Crippen molar-refractivity contribution in [1.82, 2.24) is 58.9 Å². The molecule has 1 radical (unpaired) electrons. The molecule has 22 nitrogen and oxygen atoms in total. The Morgan fingerprint density at radius 2 is 1.43 bits per heavy atom. The van der Waals surface area contributed by atoms with Gasteiger partial charge in [0.2, 0.25) is 47.4 Å². The molecule has 77 heavy (non-hydrogen) atoms. The maximum atomic E-state index is 12.2. The van der Waals surface area contributed by atoms with Gasteiger partial charge in [0.15, 0.2) is 0 Å². The topological polar surface area (TPSA) is 270 Å². The first-order valence-corrected chi connectivity index (χ1v) is 24.1. The Hall–Kier alpha value is -9.07. The number of carbonyl (C=O) groups excluding carboxylic acids is 4. The molecule has 4 aromatic carbocycles. The third-order valence-corrected chi connectivity index (χ3v) is 12.1. The molecule has 9 aromatic rings. The number of amides is 4. The molecule has 3 aliphatic heterocycles. The van der Waals surface area contributed by atoms with Gasteiger partial charge < -0.3 is 26.4 Å². The zero-order valence-electron chi connectivity index (χ0n) is 40.8. The molecular weight excluding hydrogens is 1150 g/mol. The van der Waals surface area contributed by atoms with Crippen LogP contribution in [0.25, 0.3) is 17.3 Å². The SMILES string of the molecule is C.C.CCCc1cn2[nH]c(Nc3cccc(N4C(=O)CC(C)C4=O)c3)nc2n1.Nc1nc(CCc2ccccc2)n2nc(NCc3ccccc3)nc2n1.O=C1CCC(=O)N1c1nc2n(n1)[CH-]C=C(c1ccccc1)N2.[Re]. The minimum Gasteiger partial charge on any atom is -0.429 e. The third kappa shape index (κ3) is 12.9. The molecule has 0 spiro atoms. The predicted octanol–water partition coefficient (Wildman–Crippen LogP) is 7.83. The first-order chi connectivity index (χ1) is 36.0. The number of rotatable bonds is 13. The maximum Gasteiger partial charge on any atom is 0.259 e. The molecule has 0 aliphatic carbocycles. The van der Waals surface area contributed by atoms with Gasteiger partial charge in [-0.15, -0.1) is 11.2 Å². The van der Waals surface area contributed by atoms with Crippen molar-refractivity contribution in [2.75, 3.05) is 31.5 Å². The van der Waals surface area contributed by atoms with Crippen molar-refractivity contribution in [1.29, 1.82) is 0 Å². The quantitative estimate of drug-likeness (QED) is 0.0544. The number of nitrogen functional groups attached to an aromatic ring is 1. The van der Waals surface area contributed by atoms with Gasteiger partial charge in [0.25, 0.3) is 11.6 Å². The Bertz CT molecular complexity index is 3470. The number of nitrogens with two attached hydrogens (primary N) is 1. The molecule has 397 valence electrons. The number of hydrogen-bond donors (Lipinski definition) is 5. The van der Waals surface area contributed by atoms with E-state index in [2.05, 4.69) is 80.2 Å². The van der Waals surface area contributed by atoms with E-state index in [0.29, 0.717) is 48.1 Å². The van der Waals surface area contributed by atoms with E-state index >= 15 is 0 Å². The summed E-state index contributed by atoms with van der Waals surface area (Å²) in [6.45, 7) is 6.27. The van der Waals surface area contributed by atoms with Crippen LogP contribution in [0, 0.1) is 12.5 Å². The van der Waals surface area contributed by atoms with Crippen LogP contribution in [0.2, 0.25) is 0 Å². The van der Waals surface area contributed by atoms with Crippen LogP contribution in [0.15, 0.2) is 128 Å². The molecule has 5 aromatic heterocycles. The van der Waals surface area contributed by atoms with Crippen molar-refractivity contribution in [3.05, 3.63) is 162 Å². The minimum atomic E-state index is -0.269. The number of benzene rings is 4. The fraction of sp³-hybridized carbons (Fsp3) is 0.241. The number of nitrogens with one attached hydrogen (secondary N) is 4. The van der Waals surface area contributed by atoms with Crippen molar-refractivity contribution in [3.63, 3.8) is 0 Å². The predicted molar refractivity (Wildman–Crippen MR) is 291 cm³/mol. The molecule has 6 N–H and O–H groups in total. The van der Waals surface area contributed by atoms with E-state index in [1.807, 2.05) is 97.2 Å². The number of aryl methyl sites for hydroxylation is 3. The molecule has 1 atom stereocenters. The van der Waals surface area contributed by atoms with E-state index in [-0.39, 0.29) is 96.0 Å². The van der Waals surface area contributed by atoms with Crippen molar-refractivity contribution >= 4 is 82.0 Å². The zero-order valence-corrected chi connectivity index (χ0v) is 43.6. The summed E-state index contributed by atoms with van der Waals surface area (Å²) in [6.07, 6.45) is 7.98. The van der Waals surface area contributed by atoms with Gasteiger partial charge in [-0.1, -0.05) is 150 Å². The monoisotopic (exact) mass is 1210 g/mol. The van der Waals surface area contributed by atoms with Gasteiger partial charge in [0, 0.05) is 64.3 Å². The van der Waals surface area contributed by atoms with Gasteiger partial charge >= 0.3 is 0 Å². The van der Waals surface area contributed by atoms with Crippen molar-refractivity contribution < 1.29 is 39.6 Å². The summed E-state index contributed by atoms with van der Waals surface area (Å²) < 4.78 is 4.94. The van der Waals surface area contributed by atoms with E-state index in [9.17, 15) is 19.2 Å². The fourth-order valence-electron chi connectivity index (χ4n) is 8.43. The van der Waals surface area contributed by atoms with Crippen LogP contribution in [-0.4, -0.2) is 82.5 Å². The normalized spacial score (nSPS) is 14.4. The van der Waals surface area contributed by atoms with E-state index < -0.39 is 0 Å². The molecule has 2 saturated heterocycles. The summed E-state index contributed by atoms with van der Waals surface area (Å²) in [5.41, 5.74) is 12.4. The number of imide groups is 2. The maximum absolute atomic E-state index is 12.2. The Kier molecular flexibility index (Phi) is 18.1. The number of imidazole rings is 1. The molecule has 0 saturated carbocycles. The molecule has 2 fully saturated rings. The fourth-order valence-corrected chi connectivity index (χ4v) is 8.43. The number of allylic oxidation sites excluding steroid dienone is 1. The smallest absolute Gasteiger partial charge is 0.259 e. The van der Waals surface area contributed by atoms with Crippen LogP contribution >= 0.6 is 0 Å². The number of fused-ring (bicyclic) bond motifs is 3. The third-order valence-electron chi connectivity index (χ3n) is 12.1. The molecule has 1 unspecified atom stereocenters. The molecule has 23 heteroatoms. The van der Waals surface area contributed by atoms with Crippen molar-refractivity contribution in [2.24, 2.45) is 5.92 Å². The molecular formula is C54H59N18O4Re-. The standard InChI is InChI=1S/C19H19N7.C18H20N6O2.C15H12N5O2.2CH4.Re/c20-17-22-16(12-11-14-7-3-1-4-8-14)26-19(23-17)24-18(25-26)21-13-15-9-5-2-6-10-15;1-3-5-13-10-23-18(20-13)21-17(22-23)19-12-6-4-7-14(9-12)24-15(25)8-11(2)16(24)26;21-12-6-7-13(22)20(12)15-17-14-16-11(8-9-19(14)18-15)10-4-2-1-3-5-10;;;/h1-10H,11-13H2,(H3,20,21,23,24,25);4,6-7,9-11H,3,5,8H2,1-2H3,(H2,19,20,21,22);1-5,8-9H,6-7H2,(H,16,17,18);2*1H4;/q;;-1;;;. The Morgan fingerprint density at radius 1 is 0.727 bits per heavy atom. The van der Waals surface area contributed by atoms with Crippen LogP contribution in [0.3, 0.4) is 0 Å². The molecule has 8 heterocycles. The van der Waals surface area contributed by atoms with Gasteiger partial charge in [0.1, 0.15) is 11.8 Å². The molecule has 12 rings (SSSR count). The van der Waals surface area contributed by atoms with Crippen LogP contribution in [-0.2, 0) is 65.4 Å². The van der Waals surface area contributed by atoms with Gasteiger partial charge in [-0.2, -0.15) is 29.5 Å². The van der Waals surface area contributed by atoms with Crippen LogP contribution in [0.4, 0.5) is 41.1 Å². The largest absolute Gasteiger partial charge is 0.429 e. The summed E-state index contributed by atoms with van der Waals surface area (Å²) in [5.74, 6) is 2.54. The second kappa shape index (κ2) is 25.0. The number of H-pyrrole nitrogens is 1. The summed E-state index contributed by atoms with van der Waals surface area (Å²) in [7, 11) is 0. The van der Waals surface area contributed by atoms with E-state index in [1.54, 1.807) is 40.7 Å². The summed E-state index contributed by atoms with van der Waals surface area (Å²) in [5, 5.41) is 21.3. The average molecular weight is 1210 g/mol. The molecule has 3 aliphatic rings. The van der Waals surface area contributed by atoms with Gasteiger partial charge in [-0.05, 0) is 42.2 Å². The van der Waals surface area contributed by atoms with E-state index in [4.69, 9.17) is 5.73 Å². The number of anilines is 7. The summed E-state index contributed by atoms with van der Waals surface area (Å²) in [4.78, 5) is 76.2. The summed E-state index contributed by atoms with van der Waals surface area (Å²) >= 11 is 0. The van der Waals surface area contributed by atoms with Gasteiger partial charge in [-0.3, -0.25) is 29.2 Å². The van der Waals surface area contributed by atoms with Crippen molar-refractivity contribution in [3.8, 4) is 0 Å². The number of carbonyl (C=O) groups is 4. The van der Waals surface area contributed by atoms with Gasteiger partial charge in [-0.25, -0.2) is 19.4 Å². The minimum absolute atomic E-state index is 0. The first-order valence-electron chi connectivity index (χ1n) is 24.1. The Morgan fingerprint density at radius 3 is 2.10 bits per heavy atom. The van der Waals surface area contributed by atoms with Crippen LogP contribution < -0.4 is 31.5 Å². The first kappa shape index (κ1) is 55.7. The number of hydrogen-bond acceptors (Lipinski definition) is 16. The molecule has 0 bridgehead atoms. The average Bonchev–Trinajstić information content (AvgIpc) is 4.32. The number of aromatic amines is 1. The van der Waals surface area contributed by atoms with Crippen LogP contribution in [0.5, 0.6) is 0 Å². The molecule has 4 amide bonds. The van der Waals surface area contributed by atoms with Crippen molar-refractivity contribution in [2.45, 2.75) is 80.2 Å². The number of aromatic nitrogens is 12. The Balaban J connectivity index is 0.000000165. The second-order valence-electron chi connectivity index (χ2n) is 17.6. The number of nitrogens with zero attached hydrogens (tertiary/aromatic N) is 13. The zero-order chi connectivity index (χ0) is 51.1.